The van der Waals surface area contributed by atoms with Gasteiger partial charge in [0.05, 0.1) is 7.82 Å². The van der Waals surface area contributed by atoms with Gasteiger partial charge in [-0.25, -0.2) is 0 Å². The zero-order valence-corrected chi connectivity index (χ0v) is 5.28. The normalized spacial score (nSPS) is 10.1. The van der Waals surface area contributed by atoms with E-state index in [9.17, 15) is 14.4 Å². The minimum atomic E-state index is -4.65. The first-order valence-corrected chi connectivity index (χ1v) is 2.60. The summed E-state index contributed by atoms with van der Waals surface area (Å²) in [5.41, 5.74) is 0. The van der Waals surface area contributed by atoms with Crippen molar-refractivity contribution in [2.75, 3.05) is 7.11 Å². The second-order valence-corrected chi connectivity index (χ2v) is 1.89. The minimum absolute atomic E-state index is 0. The van der Waals surface area contributed by atoms with Crippen molar-refractivity contribution in [3.8, 4) is 0 Å². The van der Waals surface area contributed by atoms with Crippen LogP contribution in [0.25, 0.3) is 0 Å². The summed E-state index contributed by atoms with van der Waals surface area (Å²) in [6.45, 7) is 0. The molecular weight excluding hydrogens is 166 g/mol. The van der Waals surface area contributed by atoms with E-state index in [-0.39, 0.29) is 16.5 Å². The van der Waals surface area contributed by atoms with Crippen LogP contribution in [0.4, 0.5) is 0 Å². The van der Waals surface area contributed by atoms with Crippen molar-refractivity contribution in [1.29, 1.82) is 0 Å². The molecule has 46 valence electrons. The van der Waals surface area contributed by atoms with Gasteiger partial charge in [-0.3, -0.25) is 0 Å². The average Bonchev–Trinajstić information content (AvgIpc) is 1.35. The molecule has 0 aromatic carbocycles. The second kappa shape index (κ2) is 3.59. The van der Waals surface area contributed by atoms with E-state index in [4.69, 9.17) is 0 Å². The van der Waals surface area contributed by atoms with Gasteiger partial charge in [0, 0.05) is 7.11 Å². The molecule has 4 nitrogen and oxygen atoms in total. The van der Waals surface area contributed by atoms with E-state index in [1.54, 1.807) is 0 Å². The number of hydrogen-bond acceptors (Lipinski definition) is 4. The molecule has 0 heterocycles. The van der Waals surface area contributed by atoms with Gasteiger partial charge in [-0.1, -0.05) is 0 Å². The van der Waals surface area contributed by atoms with Crippen molar-refractivity contribution >= 4 is 7.82 Å². The van der Waals surface area contributed by atoms with Crippen molar-refractivity contribution in [2.24, 2.45) is 0 Å². The second-order valence-electron chi connectivity index (χ2n) is 0.630. The fourth-order valence-electron chi connectivity index (χ4n) is 0. The standard InChI is InChI=1S/CH5O4P.Ni/c1-5-6(2,3)4;/h1H3,(H2,2,3,4);/q;+2/p-2. The van der Waals surface area contributed by atoms with Gasteiger partial charge in [0.15, 0.2) is 0 Å². The molecule has 0 aliphatic carbocycles. The molecule has 0 radical (unpaired) electrons. The predicted octanol–water partition coefficient (Wildman–Crippen LogP) is -1.54. The molecule has 7 heavy (non-hydrogen) atoms. The van der Waals surface area contributed by atoms with Crippen LogP contribution in [0.2, 0.25) is 0 Å². The van der Waals surface area contributed by atoms with Gasteiger partial charge in [-0.15, -0.1) is 0 Å². The Balaban J connectivity index is 0. The smallest absolute Gasteiger partial charge is 0.790 e. The van der Waals surface area contributed by atoms with Crippen LogP contribution in [0.1, 0.15) is 0 Å². The Morgan fingerprint density at radius 2 is 1.71 bits per heavy atom. The van der Waals surface area contributed by atoms with Gasteiger partial charge >= 0.3 is 16.5 Å². The fraction of sp³-hybridized carbons (Fsp3) is 1.00. The largest absolute Gasteiger partial charge is 2.00 e. The topological polar surface area (TPSA) is 72.4 Å². The van der Waals surface area contributed by atoms with Crippen LogP contribution in [-0.2, 0) is 25.6 Å². The van der Waals surface area contributed by atoms with Gasteiger partial charge in [-0.05, 0) is 0 Å². The van der Waals surface area contributed by atoms with Gasteiger partial charge in [0.1, 0.15) is 0 Å². The number of phosphoric ester groups is 1. The fourth-order valence-corrected chi connectivity index (χ4v) is 0. The monoisotopic (exact) mass is 168 g/mol. The molecule has 0 aromatic heterocycles. The molecule has 0 bridgehead atoms. The summed E-state index contributed by atoms with van der Waals surface area (Å²) in [6, 6.07) is 0. The van der Waals surface area contributed by atoms with Crippen LogP contribution < -0.4 is 9.79 Å². The molecule has 0 aliphatic heterocycles. The van der Waals surface area contributed by atoms with Crippen LogP contribution in [0.5, 0.6) is 0 Å². The van der Waals surface area contributed by atoms with E-state index in [0.29, 0.717) is 0 Å². The Hall–Kier alpha value is 0.604. The van der Waals surface area contributed by atoms with Crippen molar-refractivity contribution in [2.45, 2.75) is 0 Å². The molecule has 0 fully saturated rings. The molecule has 0 amide bonds. The van der Waals surface area contributed by atoms with E-state index in [2.05, 4.69) is 4.52 Å². The summed E-state index contributed by atoms with van der Waals surface area (Å²) in [7, 11) is -3.83. The molecule has 0 aromatic rings. The predicted molar refractivity (Wildman–Crippen MR) is 14.6 cm³/mol. The molecule has 0 atom stereocenters. The Kier molecular flexibility index (Phi) is 5.41. The number of hydrogen-bond donors (Lipinski definition) is 0. The van der Waals surface area contributed by atoms with E-state index < -0.39 is 7.82 Å². The molecule has 0 unspecified atom stereocenters. The first kappa shape index (κ1) is 10.6. The van der Waals surface area contributed by atoms with Gasteiger partial charge in [-0.2, -0.15) is 0 Å². The number of rotatable bonds is 1. The van der Waals surface area contributed by atoms with Crippen molar-refractivity contribution in [3.63, 3.8) is 0 Å². The third-order valence-corrected chi connectivity index (χ3v) is 0.671. The summed E-state index contributed by atoms with van der Waals surface area (Å²) in [5, 5.41) is 0. The number of phosphoric acid groups is 1. The van der Waals surface area contributed by atoms with E-state index in [0.717, 1.165) is 7.11 Å². The van der Waals surface area contributed by atoms with E-state index in [1.165, 1.54) is 0 Å². The third kappa shape index (κ3) is 10.8. The average molecular weight is 169 g/mol. The zero-order chi connectivity index (χ0) is 5.21. The maximum Gasteiger partial charge on any atom is 2.00 e. The molecule has 0 aliphatic rings. The maximum absolute atomic E-state index is 9.25. The van der Waals surface area contributed by atoms with Crippen LogP contribution in [0.15, 0.2) is 0 Å². The Morgan fingerprint density at radius 3 is 1.71 bits per heavy atom. The van der Waals surface area contributed by atoms with Crippen molar-refractivity contribution in [1.82, 2.24) is 0 Å². The first-order valence-electron chi connectivity index (χ1n) is 1.14. The molecule has 0 spiro atoms. The van der Waals surface area contributed by atoms with Crippen LogP contribution in [0, 0.1) is 0 Å². The summed E-state index contributed by atoms with van der Waals surface area (Å²) >= 11 is 0. The minimum Gasteiger partial charge on any atom is -0.790 e. The van der Waals surface area contributed by atoms with Crippen LogP contribution in [-0.4, -0.2) is 7.11 Å². The van der Waals surface area contributed by atoms with Crippen molar-refractivity contribution < 1.29 is 35.4 Å². The van der Waals surface area contributed by atoms with Crippen LogP contribution in [0.3, 0.4) is 0 Å². The quantitative estimate of drug-likeness (QED) is 0.352. The summed E-state index contributed by atoms with van der Waals surface area (Å²) in [5.74, 6) is 0. The Labute approximate surface area is 51.0 Å². The van der Waals surface area contributed by atoms with Gasteiger partial charge < -0.3 is 18.9 Å². The SMILES string of the molecule is COP(=O)([O-])[O-].[Ni+2]. The molecule has 0 saturated carbocycles. The maximum atomic E-state index is 9.25. The molecule has 0 saturated heterocycles. The molecule has 0 N–H and O–H groups in total. The van der Waals surface area contributed by atoms with Gasteiger partial charge in [0.25, 0.3) is 0 Å². The molecular formula is CH3NiO4P. The molecule has 0 rings (SSSR count). The Bertz CT molecular complexity index is 75.8. The summed E-state index contributed by atoms with van der Waals surface area (Å²) in [6.07, 6.45) is 0. The van der Waals surface area contributed by atoms with Crippen molar-refractivity contribution in [3.05, 3.63) is 0 Å². The Morgan fingerprint density at radius 1 is 1.57 bits per heavy atom. The van der Waals surface area contributed by atoms with Gasteiger partial charge in [0.2, 0.25) is 0 Å². The van der Waals surface area contributed by atoms with Crippen LogP contribution >= 0.6 is 7.82 Å². The van der Waals surface area contributed by atoms with E-state index >= 15 is 0 Å². The first-order chi connectivity index (χ1) is 2.56. The molecule has 6 heteroatoms. The summed E-state index contributed by atoms with van der Waals surface area (Å²) < 4.78 is 12.6. The van der Waals surface area contributed by atoms with E-state index in [1.807, 2.05) is 0 Å². The third-order valence-electron chi connectivity index (χ3n) is 0.224. The zero-order valence-electron chi connectivity index (χ0n) is 3.40. The summed E-state index contributed by atoms with van der Waals surface area (Å²) in [4.78, 5) is 18.5.